The van der Waals surface area contributed by atoms with E-state index in [-0.39, 0.29) is 5.91 Å². The monoisotopic (exact) mass is 343 g/mol. The lowest BCUT2D eigenvalue weighted by Crippen LogP contribution is -2.48. The molecule has 2 N–H and O–H groups in total. The van der Waals surface area contributed by atoms with Gasteiger partial charge in [-0.05, 0) is 49.3 Å². The molecule has 0 unspecified atom stereocenters. The van der Waals surface area contributed by atoms with Crippen molar-refractivity contribution in [3.8, 4) is 0 Å². The molecule has 1 aromatic carbocycles. The van der Waals surface area contributed by atoms with Crippen molar-refractivity contribution in [1.29, 1.82) is 0 Å². The Morgan fingerprint density at radius 3 is 2.58 bits per heavy atom. The van der Waals surface area contributed by atoms with Gasteiger partial charge >= 0.3 is 0 Å². The quantitative estimate of drug-likeness (QED) is 0.836. The maximum absolute atomic E-state index is 12.4. The third-order valence-electron chi connectivity index (χ3n) is 4.14. The summed E-state index contributed by atoms with van der Waals surface area (Å²) >= 11 is 5.32. The summed E-state index contributed by atoms with van der Waals surface area (Å²) in [5.41, 5.74) is 0.750. The summed E-state index contributed by atoms with van der Waals surface area (Å²) in [6, 6.07) is 13.5. The van der Waals surface area contributed by atoms with Crippen LogP contribution in [0.4, 0.5) is 0 Å². The van der Waals surface area contributed by atoms with Crippen molar-refractivity contribution in [2.75, 3.05) is 13.1 Å². The van der Waals surface area contributed by atoms with Gasteiger partial charge in [-0.15, -0.1) is 0 Å². The van der Waals surface area contributed by atoms with E-state index in [1.54, 1.807) is 6.26 Å². The maximum Gasteiger partial charge on any atom is 0.253 e. The Kier molecular flexibility index (Phi) is 5.48. The number of hydrogen-bond acceptors (Lipinski definition) is 3. The average Bonchev–Trinajstić information content (AvgIpc) is 3.14. The first-order valence-corrected chi connectivity index (χ1v) is 8.54. The number of hydrogen-bond donors (Lipinski definition) is 2. The molecule has 24 heavy (non-hydrogen) atoms. The molecule has 3 rings (SSSR count). The van der Waals surface area contributed by atoms with Crippen LogP contribution in [0, 0.1) is 0 Å². The minimum absolute atomic E-state index is 0.104. The lowest BCUT2D eigenvalue weighted by Gasteiger charge is -2.33. The molecule has 2 heterocycles. The van der Waals surface area contributed by atoms with Gasteiger partial charge in [0.05, 0.1) is 12.8 Å². The molecule has 1 aliphatic rings. The molecule has 1 fully saturated rings. The summed E-state index contributed by atoms with van der Waals surface area (Å²) < 4.78 is 5.26. The molecule has 5 nitrogen and oxygen atoms in total. The number of benzene rings is 1. The van der Waals surface area contributed by atoms with Crippen molar-refractivity contribution in [3.63, 3.8) is 0 Å². The van der Waals surface area contributed by atoms with Crippen LogP contribution in [0.25, 0.3) is 0 Å². The van der Waals surface area contributed by atoms with Gasteiger partial charge in [0.25, 0.3) is 5.91 Å². The van der Waals surface area contributed by atoms with E-state index in [0.29, 0.717) is 17.7 Å². The van der Waals surface area contributed by atoms with Crippen LogP contribution in [0.15, 0.2) is 53.1 Å². The maximum atomic E-state index is 12.4. The molecule has 126 valence electrons. The highest BCUT2D eigenvalue weighted by atomic mass is 32.1. The SMILES string of the molecule is O=C(c1ccccc1)N1CCC(NC(=S)NCc2ccco2)CC1. The van der Waals surface area contributed by atoms with Gasteiger partial charge in [0.15, 0.2) is 5.11 Å². The predicted octanol–water partition coefficient (Wildman–Crippen LogP) is 2.55. The van der Waals surface area contributed by atoms with E-state index >= 15 is 0 Å². The molecule has 0 bridgehead atoms. The van der Waals surface area contributed by atoms with Gasteiger partial charge in [0, 0.05) is 24.7 Å². The number of carbonyl (C=O) groups is 1. The van der Waals surface area contributed by atoms with E-state index in [0.717, 1.165) is 37.3 Å². The zero-order valence-corrected chi connectivity index (χ0v) is 14.2. The Morgan fingerprint density at radius 1 is 1.17 bits per heavy atom. The summed E-state index contributed by atoms with van der Waals surface area (Å²) in [7, 11) is 0. The fourth-order valence-electron chi connectivity index (χ4n) is 2.81. The standard InChI is InChI=1S/C18H21N3O2S/c22-17(14-5-2-1-3-6-14)21-10-8-15(9-11-21)20-18(24)19-13-16-7-4-12-23-16/h1-7,12,15H,8-11,13H2,(H2,19,20,24). The van der Waals surface area contributed by atoms with Crippen molar-refractivity contribution in [1.82, 2.24) is 15.5 Å². The second-order valence-corrected chi connectivity index (χ2v) is 6.25. The summed E-state index contributed by atoms with van der Waals surface area (Å²) in [4.78, 5) is 14.3. The first kappa shape index (κ1) is 16.5. The Morgan fingerprint density at radius 2 is 1.92 bits per heavy atom. The fraction of sp³-hybridized carbons (Fsp3) is 0.333. The summed E-state index contributed by atoms with van der Waals surface area (Å²) in [6.45, 7) is 2.06. The topological polar surface area (TPSA) is 57.5 Å². The van der Waals surface area contributed by atoms with Crippen LogP contribution in [-0.4, -0.2) is 35.1 Å². The third kappa shape index (κ3) is 4.35. The van der Waals surface area contributed by atoms with Crippen molar-refractivity contribution >= 4 is 23.2 Å². The van der Waals surface area contributed by atoms with E-state index in [4.69, 9.17) is 16.6 Å². The Hall–Kier alpha value is -2.34. The minimum atomic E-state index is 0.104. The lowest BCUT2D eigenvalue weighted by atomic mass is 10.0. The second kappa shape index (κ2) is 7.97. The van der Waals surface area contributed by atoms with E-state index in [1.165, 1.54) is 0 Å². The Balaban J connectivity index is 1.42. The fourth-order valence-corrected chi connectivity index (χ4v) is 3.05. The normalized spacial score (nSPS) is 15.1. The first-order chi connectivity index (χ1) is 11.7. The summed E-state index contributed by atoms with van der Waals surface area (Å²) in [5.74, 6) is 0.954. The lowest BCUT2D eigenvalue weighted by molar-refractivity contribution is 0.0710. The molecule has 0 atom stereocenters. The number of amides is 1. The summed E-state index contributed by atoms with van der Waals surface area (Å²) in [6.07, 6.45) is 3.43. The van der Waals surface area contributed by atoms with Crippen LogP contribution in [0.2, 0.25) is 0 Å². The third-order valence-corrected chi connectivity index (χ3v) is 4.40. The van der Waals surface area contributed by atoms with E-state index in [1.807, 2.05) is 47.4 Å². The van der Waals surface area contributed by atoms with Crippen molar-refractivity contribution < 1.29 is 9.21 Å². The van der Waals surface area contributed by atoms with Crippen molar-refractivity contribution in [2.24, 2.45) is 0 Å². The molecule has 1 amide bonds. The number of nitrogens with zero attached hydrogens (tertiary/aromatic N) is 1. The number of thiocarbonyl (C=S) groups is 1. The molecule has 0 spiro atoms. The van der Waals surface area contributed by atoms with Gasteiger partial charge in [0.1, 0.15) is 5.76 Å². The van der Waals surface area contributed by atoms with Gasteiger partial charge in [-0.2, -0.15) is 0 Å². The number of likely N-dealkylation sites (tertiary alicyclic amines) is 1. The van der Waals surface area contributed by atoms with Crippen LogP contribution >= 0.6 is 12.2 Å². The minimum Gasteiger partial charge on any atom is -0.467 e. The molecular weight excluding hydrogens is 322 g/mol. The summed E-state index contributed by atoms with van der Waals surface area (Å²) in [5, 5.41) is 7.08. The highest BCUT2D eigenvalue weighted by molar-refractivity contribution is 7.80. The van der Waals surface area contributed by atoms with Gasteiger partial charge in [-0.25, -0.2) is 0 Å². The molecule has 1 saturated heterocycles. The molecule has 6 heteroatoms. The Labute approximate surface area is 147 Å². The largest absolute Gasteiger partial charge is 0.467 e. The van der Waals surface area contributed by atoms with Crippen LogP contribution in [0.3, 0.4) is 0 Å². The Bertz CT molecular complexity index is 665. The number of furan rings is 1. The van der Waals surface area contributed by atoms with E-state index in [2.05, 4.69) is 10.6 Å². The van der Waals surface area contributed by atoms with Crippen molar-refractivity contribution in [3.05, 3.63) is 60.1 Å². The van der Waals surface area contributed by atoms with Gasteiger partial charge in [-0.3, -0.25) is 4.79 Å². The number of piperidine rings is 1. The highest BCUT2D eigenvalue weighted by Crippen LogP contribution is 2.14. The predicted molar refractivity (Wildman–Crippen MR) is 96.6 cm³/mol. The van der Waals surface area contributed by atoms with Gasteiger partial charge in [-0.1, -0.05) is 18.2 Å². The zero-order chi connectivity index (χ0) is 16.8. The smallest absolute Gasteiger partial charge is 0.253 e. The van der Waals surface area contributed by atoms with Crippen LogP contribution in [0.5, 0.6) is 0 Å². The molecular formula is C18H21N3O2S. The molecule has 0 radical (unpaired) electrons. The van der Waals surface area contributed by atoms with Crippen LogP contribution in [0.1, 0.15) is 29.0 Å². The number of rotatable bonds is 4. The zero-order valence-electron chi connectivity index (χ0n) is 13.4. The van der Waals surface area contributed by atoms with Crippen LogP contribution < -0.4 is 10.6 Å². The van der Waals surface area contributed by atoms with Crippen molar-refractivity contribution in [2.45, 2.75) is 25.4 Å². The van der Waals surface area contributed by atoms with Gasteiger partial charge in [0.2, 0.25) is 0 Å². The van der Waals surface area contributed by atoms with Crippen LogP contribution in [-0.2, 0) is 6.54 Å². The number of carbonyl (C=O) groups excluding carboxylic acids is 1. The second-order valence-electron chi connectivity index (χ2n) is 5.84. The van der Waals surface area contributed by atoms with E-state index in [9.17, 15) is 4.79 Å². The molecule has 2 aromatic rings. The van der Waals surface area contributed by atoms with Gasteiger partial charge < -0.3 is 20.0 Å². The number of nitrogens with one attached hydrogen (secondary N) is 2. The average molecular weight is 343 g/mol. The van der Waals surface area contributed by atoms with E-state index < -0.39 is 0 Å². The molecule has 0 aliphatic carbocycles. The molecule has 1 aromatic heterocycles. The molecule has 0 saturated carbocycles. The molecule has 1 aliphatic heterocycles. The highest BCUT2D eigenvalue weighted by Gasteiger charge is 2.23. The first-order valence-electron chi connectivity index (χ1n) is 8.13.